The average molecular weight is 223 g/mol. The van der Waals surface area contributed by atoms with Crippen LogP contribution in [0.4, 0.5) is 4.39 Å². The van der Waals surface area contributed by atoms with E-state index in [4.69, 9.17) is 23.2 Å². The van der Waals surface area contributed by atoms with Crippen molar-refractivity contribution in [3.05, 3.63) is 33.6 Å². The molecule has 1 nitrogen and oxygen atoms in total. The summed E-state index contributed by atoms with van der Waals surface area (Å²) in [7, 11) is 0. The van der Waals surface area contributed by atoms with Gasteiger partial charge in [-0.15, -0.1) is 0 Å². The Bertz CT molecular complexity index is 308. The maximum atomic E-state index is 13.0. The summed E-state index contributed by atoms with van der Waals surface area (Å²) in [6.07, 6.45) is 0. The van der Waals surface area contributed by atoms with Crippen molar-refractivity contribution >= 4 is 23.2 Å². The number of rotatable bonds is 1. The minimum atomic E-state index is -1.07. The highest BCUT2D eigenvalue weighted by molar-refractivity contribution is 6.35. The lowest BCUT2D eigenvalue weighted by Crippen LogP contribution is -2.15. The second-order valence-electron chi connectivity index (χ2n) is 3.31. The molecule has 0 aliphatic rings. The molecule has 4 heteroatoms. The molecule has 1 aromatic carbocycles. The molecule has 0 unspecified atom stereocenters. The van der Waals surface area contributed by atoms with Crippen molar-refractivity contribution in [2.24, 2.45) is 0 Å². The fraction of sp³-hybridized carbons (Fsp3) is 0.333. The van der Waals surface area contributed by atoms with Gasteiger partial charge in [-0.3, -0.25) is 0 Å². The molecule has 0 aliphatic carbocycles. The average Bonchev–Trinajstić information content (AvgIpc) is 1.97. The lowest BCUT2D eigenvalue weighted by Gasteiger charge is -2.18. The SMILES string of the molecule is CC(C)(O)c1cc(Cl)c(F)c(Cl)c1. The molecule has 1 rings (SSSR count). The van der Waals surface area contributed by atoms with Crippen LogP contribution in [0.2, 0.25) is 10.0 Å². The zero-order chi connectivity index (χ0) is 10.2. The van der Waals surface area contributed by atoms with Gasteiger partial charge in [0.1, 0.15) is 0 Å². The predicted molar refractivity (Wildman–Crippen MR) is 51.7 cm³/mol. The molecule has 1 N–H and O–H groups in total. The Labute approximate surface area is 86.1 Å². The Hall–Kier alpha value is -0.310. The van der Waals surface area contributed by atoms with Crippen LogP contribution in [0.1, 0.15) is 19.4 Å². The molecule has 0 aromatic heterocycles. The van der Waals surface area contributed by atoms with Gasteiger partial charge in [0.15, 0.2) is 5.82 Å². The maximum Gasteiger partial charge on any atom is 0.160 e. The Kier molecular flexibility index (Phi) is 2.85. The van der Waals surface area contributed by atoms with E-state index in [0.717, 1.165) is 0 Å². The monoisotopic (exact) mass is 222 g/mol. The molecule has 0 heterocycles. The molecular weight excluding hydrogens is 214 g/mol. The van der Waals surface area contributed by atoms with Crippen LogP contribution in [0.5, 0.6) is 0 Å². The molecule has 0 aliphatic heterocycles. The van der Waals surface area contributed by atoms with Gasteiger partial charge in [0.05, 0.1) is 15.6 Å². The van der Waals surface area contributed by atoms with E-state index in [1.807, 2.05) is 0 Å². The molecule has 0 saturated heterocycles. The fourth-order valence-electron chi connectivity index (χ4n) is 0.909. The summed E-state index contributed by atoms with van der Waals surface area (Å²) < 4.78 is 13.0. The molecule has 0 spiro atoms. The third-order valence-corrected chi connectivity index (χ3v) is 2.24. The van der Waals surface area contributed by atoms with Crippen molar-refractivity contribution in [2.75, 3.05) is 0 Å². The number of hydrogen-bond donors (Lipinski definition) is 1. The van der Waals surface area contributed by atoms with Crippen LogP contribution in [-0.2, 0) is 5.60 Å². The van der Waals surface area contributed by atoms with Gasteiger partial charge in [-0.1, -0.05) is 23.2 Å². The zero-order valence-corrected chi connectivity index (χ0v) is 8.75. The molecule has 13 heavy (non-hydrogen) atoms. The number of aliphatic hydroxyl groups is 1. The molecule has 0 fully saturated rings. The molecule has 0 bridgehead atoms. The van der Waals surface area contributed by atoms with Crippen molar-refractivity contribution in [3.63, 3.8) is 0 Å². The van der Waals surface area contributed by atoms with Crippen molar-refractivity contribution in [1.29, 1.82) is 0 Å². The van der Waals surface area contributed by atoms with Crippen LogP contribution >= 0.6 is 23.2 Å². The van der Waals surface area contributed by atoms with Gasteiger partial charge in [0.2, 0.25) is 0 Å². The highest BCUT2D eigenvalue weighted by Crippen LogP contribution is 2.29. The molecule has 1 aromatic rings. The largest absolute Gasteiger partial charge is 0.386 e. The van der Waals surface area contributed by atoms with Gasteiger partial charge in [0.25, 0.3) is 0 Å². The Morgan fingerprint density at radius 2 is 1.62 bits per heavy atom. The smallest absolute Gasteiger partial charge is 0.160 e. The van der Waals surface area contributed by atoms with Gasteiger partial charge in [0, 0.05) is 0 Å². The highest BCUT2D eigenvalue weighted by atomic mass is 35.5. The Morgan fingerprint density at radius 3 is 1.92 bits per heavy atom. The fourth-order valence-corrected chi connectivity index (χ4v) is 1.40. The van der Waals surface area contributed by atoms with Gasteiger partial charge in [-0.25, -0.2) is 4.39 Å². The summed E-state index contributed by atoms with van der Waals surface area (Å²) in [6.45, 7) is 3.15. The van der Waals surface area contributed by atoms with Crippen LogP contribution in [0.3, 0.4) is 0 Å². The van der Waals surface area contributed by atoms with E-state index in [2.05, 4.69) is 0 Å². The lowest BCUT2D eigenvalue weighted by atomic mass is 9.99. The van der Waals surface area contributed by atoms with Gasteiger partial charge in [-0.05, 0) is 31.5 Å². The quantitative estimate of drug-likeness (QED) is 0.723. The normalized spacial score (nSPS) is 11.8. The second kappa shape index (κ2) is 3.45. The van der Waals surface area contributed by atoms with E-state index in [1.54, 1.807) is 13.8 Å². The van der Waals surface area contributed by atoms with Crippen molar-refractivity contribution in [2.45, 2.75) is 19.4 Å². The summed E-state index contributed by atoms with van der Waals surface area (Å²) >= 11 is 11.1. The Balaban J connectivity index is 3.29. The first-order valence-electron chi connectivity index (χ1n) is 3.70. The molecule has 0 atom stereocenters. The standard InChI is InChI=1S/C9H9Cl2FO/c1-9(2,13)5-3-6(10)8(12)7(11)4-5/h3-4,13H,1-2H3. The Morgan fingerprint density at radius 1 is 1.23 bits per heavy atom. The van der Waals surface area contributed by atoms with Crippen molar-refractivity contribution in [1.82, 2.24) is 0 Å². The van der Waals surface area contributed by atoms with E-state index < -0.39 is 11.4 Å². The summed E-state index contributed by atoms with van der Waals surface area (Å²) in [6, 6.07) is 2.73. The number of halogens is 3. The van der Waals surface area contributed by atoms with E-state index >= 15 is 0 Å². The first-order chi connectivity index (χ1) is 5.82. The number of benzene rings is 1. The van der Waals surface area contributed by atoms with Crippen LogP contribution < -0.4 is 0 Å². The van der Waals surface area contributed by atoms with E-state index in [9.17, 15) is 9.50 Å². The second-order valence-corrected chi connectivity index (χ2v) is 4.13. The van der Waals surface area contributed by atoms with Crippen LogP contribution in [0.25, 0.3) is 0 Å². The zero-order valence-electron chi connectivity index (χ0n) is 7.24. The molecular formula is C9H9Cl2FO. The summed E-state index contributed by atoms with van der Waals surface area (Å²) in [5.41, 5.74) is -0.579. The molecule has 72 valence electrons. The molecule has 0 saturated carbocycles. The highest BCUT2D eigenvalue weighted by Gasteiger charge is 2.19. The van der Waals surface area contributed by atoms with Gasteiger partial charge >= 0.3 is 0 Å². The minimum absolute atomic E-state index is 0.0791. The van der Waals surface area contributed by atoms with Crippen molar-refractivity contribution in [3.8, 4) is 0 Å². The van der Waals surface area contributed by atoms with E-state index in [0.29, 0.717) is 5.56 Å². The first-order valence-corrected chi connectivity index (χ1v) is 4.45. The molecule has 0 amide bonds. The number of hydrogen-bond acceptors (Lipinski definition) is 1. The summed E-state index contributed by atoms with van der Waals surface area (Å²) in [5, 5.41) is 9.43. The first kappa shape index (κ1) is 10.8. The predicted octanol–water partition coefficient (Wildman–Crippen LogP) is 3.36. The van der Waals surface area contributed by atoms with Crippen molar-refractivity contribution < 1.29 is 9.50 Å². The topological polar surface area (TPSA) is 20.2 Å². The van der Waals surface area contributed by atoms with Gasteiger partial charge < -0.3 is 5.11 Å². The third kappa shape index (κ3) is 2.33. The summed E-state index contributed by atoms with van der Waals surface area (Å²) in [5.74, 6) is -0.656. The van der Waals surface area contributed by atoms with Crippen LogP contribution in [0.15, 0.2) is 12.1 Å². The third-order valence-electron chi connectivity index (χ3n) is 1.69. The van der Waals surface area contributed by atoms with Gasteiger partial charge in [-0.2, -0.15) is 0 Å². The van der Waals surface area contributed by atoms with E-state index in [1.165, 1.54) is 12.1 Å². The minimum Gasteiger partial charge on any atom is -0.386 e. The summed E-state index contributed by atoms with van der Waals surface area (Å²) in [4.78, 5) is 0. The van der Waals surface area contributed by atoms with Crippen LogP contribution in [0, 0.1) is 5.82 Å². The molecule has 0 radical (unpaired) electrons. The maximum absolute atomic E-state index is 13.0. The van der Waals surface area contributed by atoms with E-state index in [-0.39, 0.29) is 10.0 Å². The van der Waals surface area contributed by atoms with Crippen LogP contribution in [-0.4, -0.2) is 5.11 Å². The lowest BCUT2D eigenvalue weighted by molar-refractivity contribution is 0.0785.